The molecule has 1 aliphatic carbocycles. The molecule has 0 bridgehead atoms. The van der Waals surface area contributed by atoms with E-state index in [1.807, 2.05) is 32.1 Å². The molecule has 0 aromatic heterocycles. The standard InChI is InChI=1S/C12H12N2/c1-3-11-6-10(7-13)4-9(2)5-12(11)8-14/h4-6,11H,3H2,1-2H3. The molecule has 0 aliphatic heterocycles. The zero-order valence-corrected chi connectivity index (χ0v) is 8.41. The Morgan fingerprint density at radius 3 is 2.50 bits per heavy atom. The first-order valence-corrected chi connectivity index (χ1v) is 4.63. The summed E-state index contributed by atoms with van der Waals surface area (Å²) >= 11 is 0. The fourth-order valence-corrected chi connectivity index (χ4v) is 1.52. The van der Waals surface area contributed by atoms with Crippen LogP contribution in [0, 0.1) is 28.6 Å². The van der Waals surface area contributed by atoms with E-state index in [-0.39, 0.29) is 5.92 Å². The molecular weight excluding hydrogens is 172 g/mol. The summed E-state index contributed by atoms with van der Waals surface area (Å²) in [4.78, 5) is 0. The molecule has 2 heteroatoms. The van der Waals surface area contributed by atoms with E-state index in [1.165, 1.54) is 0 Å². The fraction of sp³-hybridized carbons (Fsp3) is 0.333. The molecule has 1 unspecified atom stereocenters. The van der Waals surface area contributed by atoms with E-state index >= 15 is 0 Å². The minimum Gasteiger partial charge on any atom is -0.193 e. The second-order valence-electron chi connectivity index (χ2n) is 3.35. The molecule has 1 rings (SSSR count). The summed E-state index contributed by atoms with van der Waals surface area (Å²) in [6.45, 7) is 3.92. The highest BCUT2D eigenvalue weighted by Gasteiger charge is 2.13. The van der Waals surface area contributed by atoms with Crippen LogP contribution in [0.15, 0.2) is 34.9 Å². The van der Waals surface area contributed by atoms with Gasteiger partial charge < -0.3 is 0 Å². The number of allylic oxidation sites excluding steroid dienone is 6. The quantitative estimate of drug-likeness (QED) is 0.629. The molecule has 1 atom stereocenters. The molecule has 2 nitrogen and oxygen atoms in total. The predicted octanol–water partition coefficient (Wildman–Crippen LogP) is 2.87. The number of nitrogens with zero attached hydrogens (tertiary/aromatic N) is 2. The fourth-order valence-electron chi connectivity index (χ4n) is 1.52. The van der Waals surface area contributed by atoms with Crippen molar-refractivity contribution >= 4 is 0 Å². The van der Waals surface area contributed by atoms with Crippen LogP contribution in [0.25, 0.3) is 0 Å². The summed E-state index contributed by atoms with van der Waals surface area (Å²) in [6, 6.07) is 4.31. The summed E-state index contributed by atoms with van der Waals surface area (Å²) < 4.78 is 0. The molecule has 0 N–H and O–H groups in total. The third-order valence-corrected chi connectivity index (χ3v) is 2.24. The predicted molar refractivity (Wildman–Crippen MR) is 54.9 cm³/mol. The van der Waals surface area contributed by atoms with Crippen molar-refractivity contribution in [3.8, 4) is 12.1 Å². The lowest BCUT2D eigenvalue weighted by atomic mass is 9.96. The van der Waals surface area contributed by atoms with Crippen LogP contribution in [0.4, 0.5) is 0 Å². The normalized spacial score (nSPS) is 20.9. The molecule has 14 heavy (non-hydrogen) atoms. The van der Waals surface area contributed by atoms with Gasteiger partial charge in [0.15, 0.2) is 0 Å². The van der Waals surface area contributed by atoms with Gasteiger partial charge >= 0.3 is 0 Å². The van der Waals surface area contributed by atoms with E-state index in [1.54, 1.807) is 0 Å². The van der Waals surface area contributed by atoms with Crippen LogP contribution in [0.3, 0.4) is 0 Å². The van der Waals surface area contributed by atoms with E-state index in [4.69, 9.17) is 10.5 Å². The highest BCUT2D eigenvalue weighted by Crippen LogP contribution is 2.23. The van der Waals surface area contributed by atoms with E-state index in [2.05, 4.69) is 12.1 Å². The number of rotatable bonds is 1. The van der Waals surface area contributed by atoms with Gasteiger partial charge in [-0.15, -0.1) is 0 Å². The maximum Gasteiger partial charge on any atom is 0.0988 e. The smallest absolute Gasteiger partial charge is 0.0988 e. The molecule has 0 aromatic rings. The lowest BCUT2D eigenvalue weighted by molar-refractivity contribution is 0.745. The van der Waals surface area contributed by atoms with Crippen molar-refractivity contribution in [2.45, 2.75) is 20.3 Å². The summed E-state index contributed by atoms with van der Waals surface area (Å²) in [5, 5.41) is 17.8. The highest BCUT2D eigenvalue weighted by atomic mass is 14.3. The van der Waals surface area contributed by atoms with Gasteiger partial charge in [0, 0.05) is 17.1 Å². The van der Waals surface area contributed by atoms with Gasteiger partial charge in [0.2, 0.25) is 0 Å². The maximum absolute atomic E-state index is 8.94. The zero-order chi connectivity index (χ0) is 10.6. The van der Waals surface area contributed by atoms with Crippen LogP contribution in [-0.2, 0) is 0 Å². The van der Waals surface area contributed by atoms with Crippen LogP contribution in [-0.4, -0.2) is 0 Å². The third-order valence-electron chi connectivity index (χ3n) is 2.24. The number of nitriles is 2. The number of hydrogen-bond acceptors (Lipinski definition) is 2. The van der Waals surface area contributed by atoms with Gasteiger partial charge in [0.1, 0.15) is 0 Å². The summed E-state index contributed by atoms with van der Waals surface area (Å²) in [5.41, 5.74) is 2.35. The lowest BCUT2D eigenvalue weighted by Crippen LogP contribution is -1.97. The molecule has 0 aromatic carbocycles. The second kappa shape index (κ2) is 4.44. The zero-order valence-electron chi connectivity index (χ0n) is 8.41. The van der Waals surface area contributed by atoms with Crippen molar-refractivity contribution in [2.75, 3.05) is 0 Å². The Labute approximate surface area is 84.5 Å². The van der Waals surface area contributed by atoms with Crippen molar-refractivity contribution in [1.82, 2.24) is 0 Å². The van der Waals surface area contributed by atoms with Crippen LogP contribution in [0.5, 0.6) is 0 Å². The van der Waals surface area contributed by atoms with Crippen LogP contribution in [0.1, 0.15) is 20.3 Å². The van der Waals surface area contributed by atoms with Gasteiger partial charge in [0.05, 0.1) is 12.1 Å². The van der Waals surface area contributed by atoms with Crippen LogP contribution in [0.2, 0.25) is 0 Å². The SMILES string of the molecule is CCC1C=C(C#N)C=C(C)C=C1C#N. The molecular formula is C12H12N2. The molecule has 1 aliphatic rings. The molecule has 0 heterocycles. The third kappa shape index (κ3) is 2.12. The Morgan fingerprint density at radius 2 is 2.00 bits per heavy atom. The van der Waals surface area contributed by atoms with Crippen molar-refractivity contribution in [1.29, 1.82) is 10.5 Å². The average Bonchev–Trinajstić information content (AvgIpc) is 2.36. The second-order valence-corrected chi connectivity index (χ2v) is 3.35. The molecule has 0 fully saturated rings. The Bertz CT molecular complexity index is 397. The van der Waals surface area contributed by atoms with Crippen molar-refractivity contribution in [3.05, 3.63) is 34.9 Å². The summed E-state index contributed by atoms with van der Waals surface area (Å²) in [7, 11) is 0. The minimum atomic E-state index is 0.0864. The van der Waals surface area contributed by atoms with Gasteiger partial charge in [-0.1, -0.05) is 13.0 Å². The molecule has 0 saturated carbocycles. The van der Waals surface area contributed by atoms with Crippen LogP contribution < -0.4 is 0 Å². The van der Waals surface area contributed by atoms with E-state index in [0.717, 1.165) is 17.6 Å². The molecule has 70 valence electrons. The maximum atomic E-state index is 8.94. The first kappa shape index (κ1) is 10.3. The summed E-state index contributed by atoms with van der Waals surface area (Å²) in [5.74, 6) is 0.0864. The molecule has 0 saturated heterocycles. The van der Waals surface area contributed by atoms with Gasteiger partial charge in [-0.05, 0) is 31.1 Å². The van der Waals surface area contributed by atoms with Gasteiger partial charge in [0.25, 0.3) is 0 Å². The molecule has 0 amide bonds. The van der Waals surface area contributed by atoms with Gasteiger partial charge in [-0.2, -0.15) is 10.5 Å². The lowest BCUT2D eigenvalue weighted by Gasteiger charge is -2.06. The Kier molecular flexibility index (Phi) is 3.26. The largest absolute Gasteiger partial charge is 0.193 e. The average molecular weight is 184 g/mol. The van der Waals surface area contributed by atoms with E-state index in [0.29, 0.717) is 5.57 Å². The number of hydrogen-bond donors (Lipinski definition) is 0. The molecule has 0 spiro atoms. The van der Waals surface area contributed by atoms with Crippen molar-refractivity contribution in [2.24, 2.45) is 5.92 Å². The highest BCUT2D eigenvalue weighted by molar-refractivity contribution is 5.47. The summed E-state index contributed by atoms with van der Waals surface area (Å²) in [6.07, 6.45) is 6.39. The Balaban J connectivity index is 3.17. The van der Waals surface area contributed by atoms with Crippen LogP contribution >= 0.6 is 0 Å². The van der Waals surface area contributed by atoms with Gasteiger partial charge in [-0.3, -0.25) is 0 Å². The monoisotopic (exact) mass is 184 g/mol. The van der Waals surface area contributed by atoms with E-state index in [9.17, 15) is 0 Å². The Hall–Kier alpha value is -1.80. The van der Waals surface area contributed by atoms with Crippen molar-refractivity contribution < 1.29 is 0 Å². The first-order chi connectivity index (χ1) is 6.71. The Morgan fingerprint density at radius 1 is 1.29 bits per heavy atom. The van der Waals surface area contributed by atoms with E-state index < -0.39 is 0 Å². The van der Waals surface area contributed by atoms with Gasteiger partial charge in [-0.25, -0.2) is 0 Å². The minimum absolute atomic E-state index is 0.0864. The van der Waals surface area contributed by atoms with Crippen molar-refractivity contribution in [3.63, 3.8) is 0 Å². The molecule has 0 radical (unpaired) electrons. The topological polar surface area (TPSA) is 47.6 Å². The first-order valence-electron chi connectivity index (χ1n) is 4.63.